The molecule has 1 fully saturated rings. The number of aromatic nitrogens is 1. The Hall–Kier alpha value is -1.09. The maximum Gasteiger partial charge on any atom is 0.129 e. The number of fused-ring (bicyclic) bond motifs is 1. The molecule has 0 aliphatic carbocycles. The highest BCUT2D eigenvalue weighted by Crippen LogP contribution is 2.26. The van der Waals surface area contributed by atoms with Gasteiger partial charge in [0.05, 0.1) is 5.52 Å². The van der Waals surface area contributed by atoms with E-state index in [1.807, 2.05) is 0 Å². The van der Waals surface area contributed by atoms with E-state index < -0.39 is 0 Å². The van der Waals surface area contributed by atoms with Crippen molar-refractivity contribution in [1.29, 1.82) is 0 Å². The lowest BCUT2D eigenvalue weighted by Gasteiger charge is -2.28. The van der Waals surface area contributed by atoms with Crippen molar-refractivity contribution in [2.45, 2.75) is 26.2 Å². The molecule has 18 heavy (non-hydrogen) atoms. The normalized spacial score (nSPS) is 16.2. The Kier molecular flexibility index (Phi) is 3.25. The fraction of sp³-hybridized carbons (Fsp3) is 0.400. The number of hydrogen-bond acceptors (Lipinski definition) is 2. The molecule has 3 rings (SSSR count). The third-order valence-corrected chi connectivity index (χ3v) is 4.14. The van der Waals surface area contributed by atoms with Crippen LogP contribution < -0.4 is 4.90 Å². The maximum atomic E-state index is 4.82. The van der Waals surface area contributed by atoms with Crippen molar-refractivity contribution < 1.29 is 0 Å². The first-order chi connectivity index (χ1) is 8.74. The number of pyridine rings is 1. The summed E-state index contributed by atoms with van der Waals surface area (Å²) in [4.78, 5) is 7.23. The molecular formula is C15H17BrN2. The monoisotopic (exact) mass is 304 g/mol. The van der Waals surface area contributed by atoms with Crippen LogP contribution in [0, 0.1) is 6.92 Å². The van der Waals surface area contributed by atoms with Gasteiger partial charge in [-0.15, -0.1) is 0 Å². The molecule has 2 aromatic rings. The standard InChI is InChI=1S/C15H17BrN2/c1-11-9-15(18-7-3-2-4-8-18)17-14-10-12(16)5-6-13(11)14/h5-6,9-10H,2-4,7-8H2,1H3. The highest BCUT2D eigenvalue weighted by Gasteiger charge is 2.13. The second kappa shape index (κ2) is 4.88. The van der Waals surface area contributed by atoms with E-state index in [0.717, 1.165) is 28.9 Å². The highest BCUT2D eigenvalue weighted by atomic mass is 79.9. The first-order valence-corrected chi connectivity index (χ1v) is 7.35. The van der Waals surface area contributed by atoms with E-state index in [9.17, 15) is 0 Å². The van der Waals surface area contributed by atoms with Crippen LogP contribution in [0.3, 0.4) is 0 Å². The summed E-state index contributed by atoms with van der Waals surface area (Å²) in [6.45, 7) is 4.46. The van der Waals surface area contributed by atoms with Gasteiger partial charge < -0.3 is 4.90 Å². The molecule has 1 saturated heterocycles. The second-order valence-electron chi connectivity index (χ2n) is 5.01. The van der Waals surface area contributed by atoms with E-state index in [0.29, 0.717) is 0 Å². The summed E-state index contributed by atoms with van der Waals surface area (Å²) in [6, 6.07) is 8.55. The van der Waals surface area contributed by atoms with Gasteiger partial charge in [-0.25, -0.2) is 4.98 Å². The first-order valence-electron chi connectivity index (χ1n) is 6.56. The number of benzene rings is 1. The van der Waals surface area contributed by atoms with Gasteiger partial charge in [0.15, 0.2) is 0 Å². The predicted octanol–water partition coefficient (Wildman–Crippen LogP) is 4.30. The highest BCUT2D eigenvalue weighted by molar-refractivity contribution is 9.10. The molecule has 0 spiro atoms. The third kappa shape index (κ3) is 2.24. The number of hydrogen-bond donors (Lipinski definition) is 0. The molecule has 1 aromatic heterocycles. The Morgan fingerprint density at radius 3 is 2.67 bits per heavy atom. The van der Waals surface area contributed by atoms with E-state index >= 15 is 0 Å². The van der Waals surface area contributed by atoms with Crippen LogP contribution >= 0.6 is 15.9 Å². The van der Waals surface area contributed by atoms with Crippen molar-refractivity contribution in [3.8, 4) is 0 Å². The van der Waals surface area contributed by atoms with Gasteiger partial charge in [-0.2, -0.15) is 0 Å². The van der Waals surface area contributed by atoms with Crippen LogP contribution in [0.1, 0.15) is 24.8 Å². The van der Waals surface area contributed by atoms with Gasteiger partial charge in [0.1, 0.15) is 5.82 Å². The van der Waals surface area contributed by atoms with Crippen LogP contribution in [-0.4, -0.2) is 18.1 Å². The number of halogens is 1. The topological polar surface area (TPSA) is 16.1 Å². The third-order valence-electron chi connectivity index (χ3n) is 3.65. The van der Waals surface area contributed by atoms with Gasteiger partial charge in [-0.3, -0.25) is 0 Å². The van der Waals surface area contributed by atoms with E-state index in [4.69, 9.17) is 4.98 Å². The zero-order valence-electron chi connectivity index (χ0n) is 10.6. The van der Waals surface area contributed by atoms with Crippen molar-refractivity contribution in [3.63, 3.8) is 0 Å². The minimum Gasteiger partial charge on any atom is -0.357 e. The summed E-state index contributed by atoms with van der Waals surface area (Å²) in [5.74, 6) is 1.14. The average Bonchev–Trinajstić information content (AvgIpc) is 2.39. The lowest BCUT2D eigenvalue weighted by Crippen LogP contribution is -2.30. The summed E-state index contributed by atoms with van der Waals surface area (Å²) in [6.07, 6.45) is 3.93. The number of aryl methyl sites for hydroxylation is 1. The number of anilines is 1. The van der Waals surface area contributed by atoms with Crippen LogP contribution in [-0.2, 0) is 0 Å². The molecule has 0 unspecified atom stereocenters. The Balaban J connectivity index is 2.07. The molecule has 1 aliphatic heterocycles. The van der Waals surface area contributed by atoms with E-state index in [1.54, 1.807) is 0 Å². The predicted molar refractivity (Wildman–Crippen MR) is 80.2 cm³/mol. The minimum atomic E-state index is 1.09. The molecule has 1 aromatic carbocycles. The summed E-state index contributed by atoms with van der Waals surface area (Å²) in [5, 5.41) is 1.25. The molecule has 3 heteroatoms. The Labute approximate surface area is 116 Å². The summed E-state index contributed by atoms with van der Waals surface area (Å²) < 4.78 is 1.10. The van der Waals surface area contributed by atoms with Crippen LogP contribution in [0.25, 0.3) is 10.9 Å². The molecule has 0 radical (unpaired) electrons. The summed E-state index contributed by atoms with van der Waals surface area (Å²) >= 11 is 3.52. The molecule has 0 atom stereocenters. The van der Waals surface area contributed by atoms with E-state index in [-0.39, 0.29) is 0 Å². The minimum absolute atomic E-state index is 1.09. The molecular weight excluding hydrogens is 288 g/mol. The zero-order valence-corrected chi connectivity index (χ0v) is 12.2. The molecule has 0 N–H and O–H groups in total. The van der Waals surface area contributed by atoms with Crippen LogP contribution in [0.2, 0.25) is 0 Å². The molecule has 0 amide bonds. The second-order valence-corrected chi connectivity index (χ2v) is 5.92. The fourth-order valence-corrected chi connectivity index (χ4v) is 2.99. The maximum absolute atomic E-state index is 4.82. The Morgan fingerprint density at radius 1 is 1.11 bits per heavy atom. The van der Waals surface area contributed by atoms with E-state index in [1.165, 1.54) is 30.2 Å². The largest absolute Gasteiger partial charge is 0.357 e. The lowest BCUT2D eigenvalue weighted by atomic mass is 10.1. The quantitative estimate of drug-likeness (QED) is 0.781. The van der Waals surface area contributed by atoms with Crippen molar-refractivity contribution in [2.24, 2.45) is 0 Å². The fourth-order valence-electron chi connectivity index (χ4n) is 2.64. The molecule has 0 saturated carbocycles. The molecule has 94 valence electrons. The SMILES string of the molecule is Cc1cc(N2CCCCC2)nc2cc(Br)ccc12. The average molecular weight is 305 g/mol. The number of nitrogens with zero attached hydrogens (tertiary/aromatic N) is 2. The molecule has 2 nitrogen and oxygen atoms in total. The van der Waals surface area contributed by atoms with Crippen LogP contribution in [0.15, 0.2) is 28.7 Å². The van der Waals surface area contributed by atoms with Crippen LogP contribution in [0.4, 0.5) is 5.82 Å². The smallest absolute Gasteiger partial charge is 0.129 e. The van der Waals surface area contributed by atoms with Gasteiger partial charge in [0, 0.05) is 22.9 Å². The van der Waals surface area contributed by atoms with Crippen molar-refractivity contribution in [2.75, 3.05) is 18.0 Å². The van der Waals surface area contributed by atoms with Crippen molar-refractivity contribution in [3.05, 3.63) is 34.3 Å². The molecule has 2 heterocycles. The number of piperidine rings is 1. The summed E-state index contributed by atoms with van der Waals surface area (Å²) in [5.41, 5.74) is 2.40. The van der Waals surface area contributed by atoms with Crippen molar-refractivity contribution in [1.82, 2.24) is 4.98 Å². The zero-order chi connectivity index (χ0) is 12.5. The Bertz CT molecular complexity index is 574. The van der Waals surface area contributed by atoms with Gasteiger partial charge >= 0.3 is 0 Å². The summed E-state index contributed by atoms with van der Waals surface area (Å²) in [7, 11) is 0. The molecule has 0 bridgehead atoms. The van der Waals surface area contributed by atoms with Gasteiger partial charge in [-0.1, -0.05) is 22.0 Å². The van der Waals surface area contributed by atoms with Crippen molar-refractivity contribution >= 4 is 32.7 Å². The lowest BCUT2D eigenvalue weighted by molar-refractivity contribution is 0.574. The van der Waals surface area contributed by atoms with Gasteiger partial charge in [0.2, 0.25) is 0 Å². The Morgan fingerprint density at radius 2 is 1.89 bits per heavy atom. The first kappa shape index (κ1) is 12.0. The van der Waals surface area contributed by atoms with Gasteiger partial charge in [-0.05, 0) is 49.9 Å². The van der Waals surface area contributed by atoms with E-state index in [2.05, 4.69) is 52.0 Å². The number of rotatable bonds is 1. The molecule has 1 aliphatic rings. The van der Waals surface area contributed by atoms with Gasteiger partial charge in [0.25, 0.3) is 0 Å². The van der Waals surface area contributed by atoms with Crippen LogP contribution in [0.5, 0.6) is 0 Å².